The molecule has 2 rings (SSSR count). The van der Waals surface area contributed by atoms with E-state index >= 15 is 0 Å². The largest absolute Gasteiger partial charge is 0.383 e. The van der Waals surface area contributed by atoms with Gasteiger partial charge in [0.1, 0.15) is 0 Å². The fourth-order valence-corrected chi connectivity index (χ4v) is 3.93. The lowest BCUT2D eigenvalue weighted by molar-refractivity contribution is 0.199. The van der Waals surface area contributed by atoms with Gasteiger partial charge in [-0.25, -0.2) is 0 Å². The Morgan fingerprint density at radius 3 is 2.67 bits per heavy atom. The summed E-state index contributed by atoms with van der Waals surface area (Å²) in [5.41, 5.74) is 1.29. The summed E-state index contributed by atoms with van der Waals surface area (Å²) in [6, 6.07) is 14.8. The lowest BCUT2D eigenvalue weighted by Crippen LogP contribution is -2.18. The molecule has 1 N–H and O–H groups in total. The molecule has 0 atom stereocenters. The van der Waals surface area contributed by atoms with Crippen LogP contribution in [0.15, 0.2) is 61.2 Å². The Balaban J connectivity index is 2.11. The van der Waals surface area contributed by atoms with Crippen molar-refractivity contribution in [3.05, 3.63) is 57.0 Å². The van der Waals surface area contributed by atoms with Crippen molar-refractivity contribution >= 4 is 43.6 Å². The zero-order valence-electron chi connectivity index (χ0n) is 11.7. The number of ether oxygens (including phenoxy) is 1. The van der Waals surface area contributed by atoms with Crippen LogP contribution in [0.2, 0.25) is 0 Å². The normalized spacial score (nSPS) is 10.8. The number of benzene rings is 2. The number of rotatable bonds is 7. The van der Waals surface area contributed by atoms with Gasteiger partial charge in [0.25, 0.3) is 0 Å². The summed E-state index contributed by atoms with van der Waals surface area (Å²) in [6.45, 7) is 2.42. The third-order valence-corrected chi connectivity index (χ3v) is 4.93. The number of halogens is 2. The molecule has 0 bridgehead atoms. The van der Waals surface area contributed by atoms with Crippen LogP contribution in [0.1, 0.15) is 5.56 Å². The Hall–Kier alpha value is -0.330. The second kappa shape index (κ2) is 8.96. The van der Waals surface area contributed by atoms with Gasteiger partial charge in [0, 0.05) is 38.9 Å². The van der Waals surface area contributed by atoms with Crippen LogP contribution in [0, 0.1) is 0 Å². The monoisotopic (exact) mass is 429 g/mol. The number of nitrogens with one attached hydrogen (secondary N) is 1. The van der Waals surface area contributed by atoms with Crippen LogP contribution in [-0.4, -0.2) is 20.3 Å². The highest BCUT2D eigenvalue weighted by Crippen LogP contribution is 2.33. The van der Waals surface area contributed by atoms with E-state index in [0.29, 0.717) is 0 Å². The predicted octanol–water partition coefficient (Wildman–Crippen LogP) is 5.10. The standard InChI is InChI=1S/C16H17Br2NOS/c1-20-8-7-19-11-12-5-6-14(18)10-16(12)21-15-4-2-3-13(17)9-15/h2-6,9-10,19H,7-8,11H2,1H3. The molecule has 5 heteroatoms. The Morgan fingerprint density at radius 2 is 1.90 bits per heavy atom. The predicted molar refractivity (Wildman–Crippen MR) is 96.0 cm³/mol. The van der Waals surface area contributed by atoms with Gasteiger partial charge in [-0.05, 0) is 35.9 Å². The first-order chi connectivity index (χ1) is 10.2. The van der Waals surface area contributed by atoms with E-state index in [9.17, 15) is 0 Å². The van der Waals surface area contributed by atoms with E-state index in [1.807, 2.05) is 6.07 Å². The van der Waals surface area contributed by atoms with Crippen LogP contribution in [0.3, 0.4) is 0 Å². The topological polar surface area (TPSA) is 21.3 Å². The highest BCUT2D eigenvalue weighted by Gasteiger charge is 2.06. The van der Waals surface area contributed by atoms with Crippen molar-refractivity contribution in [1.82, 2.24) is 5.32 Å². The molecule has 0 saturated carbocycles. The second-order valence-electron chi connectivity index (χ2n) is 4.48. The minimum absolute atomic E-state index is 0.727. The Kier molecular flexibility index (Phi) is 7.26. The number of hydrogen-bond donors (Lipinski definition) is 1. The van der Waals surface area contributed by atoms with Gasteiger partial charge in [-0.15, -0.1) is 0 Å². The maximum Gasteiger partial charge on any atom is 0.0587 e. The molecule has 2 nitrogen and oxygen atoms in total. The molecule has 0 aliphatic carbocycles. The molecular formula is C16H17Br2NOS. The van der Waals surface area contributed by atoms with E-state index in [4.69, 9.17) is 4.74 Å². The summed E-state index contributed by atoms with van der Waals surface area (Å²) < 4.78 is 7.25. The summed E-state index contributed by atoms with van der Waals surface area (Å²) in [7, 11) is 1.72. The summed E-state index contributed by atoms with van der Waals surface area (Å²) in [5.74, 6) is 0. The van der Waals surface area contributed by atoms with E-state index in [1.165, 1.54) is 15.4 Å². The van der Waals surface area contributed by atoms with E-state index in [0.717, 1.165) is 28.6 Å². The molecule has 0 aromatic heterocycles. The van der Waals surface area contributed by atoms with Gasteiger partial charge in [-0.3, -0.25) is 0 Å². The van der Waals surface area contributed by atoms with Crippen LogP contribution >= 0.6 is 43.6 Å². The van der Waals surface area contributed by atoms with Gasteiger partial charge >= 0.3 is 0 Å². The quantitative estimate of drug-likeness (QED) is 0.617. The molecule has 0 unspecified atom stereocenters. The maximum atomic E-state index is 5.06. The third-order valence-electron chi connectivity index (χ3n) is 2.85. The summed E-state index contributed by atoms with van der Waals surface area (Å²) in [4.78, 5) is 2.48. The molecule has 0 fully saturated rings. The lowest BCUT2D eigenvalue weighted by atomic mass is 10.2. The first-order valence-electron chi connectivity index (χ1n) is 6.60. The lowest BCUT2D eigenvalue weighted by Gasteiger charge is -2.11. The van der Waals surface area contributed by atoms with E-state index in [2.05, 4.69) is 73.6 Å². The molecule has 0 heterocycles. The molecule has 0 aliphatic heterocycles. The average Bonchev–Trinajstić information content (AvgIpc) is 2.45. The van der Waals surface area contributed by atoms with Gasteiger partial charge in [0.15, 0.2) is 0 Å². The van der Waals surface area contributed by atoms with Gasteiger partial charge < -0.3 is 10.1 Å². The Morgan fingerprint density at radius 1 is 1.10 bits per heavy atom. The summed E-state index contributed by atoms with van der Waals surface area (Å²) >= 11 is 8.85. The van der Waals surface area contributed by atoms with E-state index in [1.54, 1.807) is 18.9 Å². The fraction of sp³-hybridized carbons (Fsp3) is 0.250. The van der Waals surface area contributed by atoms with Crippen LogP contribution in [0.4, 0.5) is 0 Å². The van der Waals surface area contributed by atoms with Gasteiger partial charge in [-0.1, -0.05) is 55.8 Å². The van der Waals surface area contributed by atoms with Crippen molar-refractivity contribution in [3.63, 3.8) is 0 Å². The highest BCUT2D eigenvalue weighted by molar-refractivity contribution is 9.10. The van der Waals surface area contributed by atoms with Gasteiger partial charge in [0.2, 0.25) is 0 Å². The molecule has 2 aromatic rings. The third kappa shape index (κ3) is 5.75. The van der Waals surface area contributed by atoms with Crippen molar-refractivity contribution in [1.29, 1.82) is 0 Å². The number of methoxy groups -OCH3 is 1. The minimum Gasteiger partial charge on any atom is -0.383 e. The van der Waals surface area contributed by atoms with Crippen molar-refractivity contribution < 1.29 is 4.74 Å². The van der Waals surface area contributed by atoms with Crippen LogP contribution < -0.4 is 5.32 Å². The first-order valence-corrected chi connectivity index (χ1v) is 9.01. The average molecular weight is 431 g/mol. The summed E-state index contributed by atoms with van der Waals surface area (Å²) in [5, 5.41) is 3.40. The fourth-order valence-electron chi connectivity index (χ4n) is 1.82. The van der Waals surface area contributed by atoms with Gasteiger partial charge in [-0.2, -0.15) is 0 Å². The van der Waals surface area contributed by atoms with Crippen molar-refractivity contribution in [2.45, 2.75) is 16.3 Å². The minimum atomic E-state index is 0.727. The zero-order chi connectivity index (χ0) is 15.1. The van der Waals surface area contributed by atoms with Crippen LogP contribution in [0.5, 0.6) is 0 Å². The smallest absolute Gasteiger partial charge is 0.0587 e. The molecular weight excluding hydrogens is 414 g/mol. The first kappa shape index (κ1) is 17.0. The van der Waals surface area contributed by atoms with Crippen molar-refractivity contribution in [2.24, 2.45) is 0 Å². The van der Waals surface area contributed by atoms with Crippen molar-refractivity contribution in [3.8, 4) is 0 Å². The molecule has 0 amide bonds. The molecule has 0 aliphatic rings. The van der Waals surface area contributed by atoms with Crippen molar-refractivity contribution in [2.75, 3.05) is 20.3 Å². The van der Waals surface area contributed by atoms with Gasteiger partial charge in [0.05, 0.1) is 6.61 Å². The molecule has 0 saturated heterocycles. The van der Waals surface area contributed by atoms with E-state index in [-0.39, 0.29) is 0 Å². The SMILES string of the molecule is COCCNCc1ccc(Br)cc1Sc1cccc(Br)c1. The van der Waals surface area contributed by atoms with Crippen LogP contribution in [0.25, 0.3) is 0 Å². The maximum absolute atomic E-state index is 5.06. The second-order valence-corrected chi connectivity index (χ2v) is 7.43. The zero-order valence-corrected chi connectivity index (χ0v) is 15.7. The molecule has 0 radical (unpaired) electrons. The Bertz CT molecular complexity index is 592. The Labute approximate surface area is 146 Å². The summed E-state index contributed by atoms with van der Waals surface area (Å²) in [6.07, 6.45) is 0. The highest BCUT2D eigenvalue weighted by atomic mass is 79.9. The van der Waals surface area contributed by atoms with Crippen LogP contribution in [-0.2, 0) is 11.3 Å². The molecule has 2 aromatic carbocycles. The molecule has 21 heavy (non-hydrogen) atoms. The molecule has 112 valence electrons. The van der Waals surface area contributed by atoms with E-state index < -0.39 is 0 Å². The molecule has 0 spiro atoms. The number of hydrogen-bond acceptors (Lipinski definition) is 3.